The zero-order valence-corrected chi connectivity index (χ0v) is 62.4. The Morgan fingerprint density at radius 1 is 0.337 bits per heavy atom. The highest BCUT2D eigenvalue weighted by Crippen LogP contribution is 2.38. The Balaban J connectivity index is 3.94. The van der Waals surface area contributed by atoms with Crippen LogP contribution >= 0.6 is 7.82 Å². The molecular weight excluding hydrogens is 1160 g/mol. The molecule has 0 aliphatic carbocycles. The third-order valence-corrected chi connectivity index (χ3v) is 18.7. The van der Waals surface area contributed by atoms with Crippen LogP contribution in [0.4, 0.5) is 0 Å². The summed E-state index contributed by atoms with van der Waals surface area (Å²) >= 11 is 0. The summed E-state index contributed by atoms with van der Waals surface area (Å²) in [5.41, 5.74) is 0. The second kappa shape index (κ2) is 72.7. The van der Waals surface area contributed by atoms with Crippen LogP contribution < -0.4 is 4.89 Å². The number of quaternary nitrogens is 1. The van der Waals surface area contributed by atoms with Gasteiger partial charge in [-0.1, -0.05) is 356 Å². The van der Waals surface area contributed by atoms with E-state index in [2.05, 4.69) is 86.8 Å². The van der Waals surface area contributed by atoms with Crippen molar-refractivity contribution in [1.29, 1.82) is 0 Å². The summed E-state index contributed by atoms with van der Waals surface area (Å²) < 4.78 is 34.4. The Labute approximate surface area is 571 Å². The normalized spacial score (nSPS) is 13.4. The fourth-order valence-electron chi connectivity index (χ4n) is 11.6. The van der Waals surface area contributed by atoms with E-state index in [1.54, 1.807) is 0 Å². The molecule has 0 aliphatic heterocycles. The van der Waals surface area contributed by atoms with Crippen molar-refractivity contribution >= 4 is 19.8 Å². The van der Waals surface area contributed by atoms with E-state index < -0.39 is 26.5 Å². The molecule has 0 fully saturated rings. The number of phosphoric ester groups is 1. The Morgan fingerprint density at radius 2 is 0.587 bits per heavy atom. The van der Waals surface area contributed by atoms with Gasteiger partial charge in [0.25, 0.3) is 7.82 Å². The van der Waals surface area contributed by atoms with Gasteiger partial charge in [-0.25, -0.2) is 0 Å². The minimum absolute atomic E-state index is 0.0300. The number of phosphoric acid groups is 1. The highest BCUT2D eigenvalue weighted by atomic mass is 31.2. The molecular formula is C82H152NO8P. The van der Waals surface area contributed by atoms with Gasteiger partial charge in [-0.3, -0.25) is 14.2 Å². The standard InChI is InChI=1S/C82H152NO8P/c1-6-8-10-12-14-16-18-20-22-24-26-28-30-32-34-36-38-39-40-41-42-43-45-47-49-51-53-55-57-59-61-63-65-67-69-71-73-75-82(85)91-80(79-90-92(86,87)89-77-76-83(3,4)5)78-88-81(84)74-72-70-68-66-64-62-60-58-56-54-52-50-48-46-44-37-35-33-31-29-27-25-23-21-19-17-15-13-11-9-7-2/h18-21,24-27,30-33,80H,6-17,22-23,28-29,34-79H2,1-5H3/b20-18-,21-19-,26-24-,27-25-,32-30-,33-31-. The summed E-state index contributed by atoms with van der Waals surface area (Å²) in [5.74, 6) is -0.815. The third-order valence-electron chi connectivity index (χ3n) is 17.7. The average molecular weight is 1310 g/mol. The second-order valence-electron chi connectivity index (χ2n) is 28.1. The Bertz CT molecular complexity index is 1780. The summed E-state index contributed by atoms with van der Waals surface area (Å²) in [6.45, 7) is 4.28. The number of rotatable bonds is 74. The fourth-order valence-corrected chi connectivity index (χ4v) is 12.3. The number of unbranched alkanes of at least 4 members (excludes halogenated alkanes) is 48. The monoisotopic (exact) mass is 1310 g/mol. The lowest BCUT2D eigenvalue weighted by molar-refractivity contribution is -0.870. The largest absolute Gasteiger partial charge is 0.756 e. The van der Waals surface area contributed by atoms with Gasteiger partial charge in [-0.05, 0) is 89.9 Å². The second-order valence-corrected chi connectivity index (χ2v) is 29.5. The number of carbonyl (C=O) groups excluding carboxylic acids is 2. The van der Waals surface area contributed by atoms with Gasteiger partial charge in [0.15, 0.2) is 6.10 Å². The van der Waals surface area contributed by atoms with Crippen molar-refractivity contribution in [3.8, 4) is 0 Å². The van der Waals surface area contributed by atoms with E-state index >= 15 is 0 Å². The molecule has 0 bridgehead atoms. The molecule has 92 heavy (non-hydrogen) atoms. The first kappa shape index (κ1) is 89.5. The van der Waals surface area contributed by atoms with Crippen molar-refractivity contribution in [2.24, 2.45) is 0 Å². The molecule has 0 aromatic rings. The summed E-state index contributed by atoms with van der Waals surface area (Å²) in [4.78, 5) is 38.2. The molecule has 9 nitrogen and oxygen atoms in total. The first-order valence-corrected chi connectivity index (χ1v) is 41.1. The fraction of sp³-hybridized carbons (Fsp3) is 0.829. The molecule has 0 aromatic heterocycles. The summed E-state index contributed by atoms with van der Waals surface area (Å²) in [5, 5.41) is 0. The van der Waals surface area contributed by atoms with Crippen LogP contribution in [-0.4, -0.2) is 70.0 Å². The number of likely N-dealkylation sites (N-methyl/N-ethyl adjacent to an activating group) is 1. The van der Waals surface area contributed by atoms with Gasteiger partial charge in [0.2, 0.25) is 0 Å². The van der Waals surface area contributed by atoms with Crippen LogP contribution in [0.25, 0.3) is 0 Å². The van der Waals surface area contributed by atoms with Gasteiger partial charge in [-0.2, -0.15) is 0 Å². The smallest absolute Gasteiger partial charge is 0.306 e. The molecule has 0 radical (unpaired) electrons. The summed E-state index contributed by atoms with van der Waals surface area (Å²) in [7, 11) is 1.18. The van der Waals surface area contributed by atoms with Gasteiger partial charge in [0, 0.05) is 12.8 Å². The highest BCUT2D eigenvalue weighted by Gasteiger charge is 2.22. The van der Waals surface area contributed by atoms with E-state index in [-0.39, 0.29) is 32.0 Å². The van der Waals surface area contributed by atoms with Crippen LogP contribution in [0, 0.1) is 0 Å². The van der Waals surface area contributed by atoms with E-state index in [0.717, 1.165) is 57.8 Å². The first-order valence-electron chi connectivity index (χ1n) is 39.6. The van der Waals surface area contributed by atoms with Gasteiger partial charge in [0.05, 0.1) is 27.7 Å². The summed E-state index contributed by atoms with van der Waals surface area (Å²) in [6.07, 6.45) is 98.7. The zero-order chi connectivity index (χ0) is 66.9. The molecule has 0 aliphatic rings. The number of carbonyl (C=O) groups is 2. The number of esters is 2. The van der Waals surface area contributed by atoms with Gasteiger partial charge in [-0.15, -0.1) is 0 Å². The number of nitrogens with zero attached hydrogens (tertiary/aromatic N) is 1. The van der Waals surface area contributed by atoms with E-state index in [4.69, 9.17) is 18.5 Å². The summed E-state index contributed by atoms with van der Waals surface area (Å²) in [6, 6.07) is 0. The van der Waals surface area contributed by atoms with E-state index in [0.29, 0.717) is 17.4 Å². The van der Waals surface area contributed by atoms with Crippen LogP contribution in [0.1, 0.15) is 386 Å². The molecule has 0 rings (SSSR count). The number of hydrogen-bond donors (Lipinski definition) is 0. The van der Waals surface area contributed by atoms with Crippen molar-refractivity contribution < 1.29 is 42.1 Å². The number of allylic oxidation sites excluding steroid dienone is 12. The van der Waals surface area contributed by atoms with Crippen molar-refractivity contribution in [1.82, 2.24) is 0 Å². The predicted molar refractivity (Wildman–Crippen MR) is 397 cm³/mol. The van der Waals surface area contributed by atoms with Gasteiger partial charge < -0.3 is 27.9 Å². The van der Waals surface area contributed by atoms with Crippen molar-refractivity contribution in [2.45, 2.75) is 392 Å². The van der Waals surface area contributed by atoms with Crippen molar-refractivity contribution in [2.75, 3.05) is 47.5 Å². The Hall–Kier alpha value is -2.55. The minimum atomic E-state index is -4.65. The molecule has 0 saturated heterocycles. The average Bonchev–Trinajstić information content (AvgIpc) is 2.34. The van der Waals surface area contributed by atoms with Crippen LogP contribution in [0.15, 0.2) is 72.9 Å². The van der Waals surface area contributed by atoms with Crippen LogP contribution in [0.5, 0.6) is 0 Å². The highest BCUT2D eigenvalue weighted by molar-refractivity contribution is 7.45. The molecule has 0 saturated carbocycles. The Morgan fingerprint density at radius 3 is 0.870 bits per heavy atom. The molecule has 0 amide bonds. The molecule has 2 atom stereocenters. The quantitative estimate of drug-likeness (QED) is 0.0195. The lowest BCUT2D eigenvalue weighted by Crippen LogP contribution is -2.37. The van der Waals surface area contributed by atoms with Crippen LogP contribution in [0.2, 0.25) is 0 Å². The maximum Gasteiger partial charge on any atom is 0.306 e. The molecule has 2 unspecified atom stereocenters. The molecule has 0 aromatic carbocycles. The topological polar surface area (TPSA) is 111 Å². The third kappa shape index (κ3) is 76.5. The SMILES string of the molecule is CCCCCCC/C=C\C/C=C\C/C=C\CCCCCCCCCCCCCCCCCCCCCCCCC(=O)OC(COC(=O)CCCCCCCCCCCCCCCCCC/C=C\C/C=C\C/C=C\CCCCCCC)COP(=O)([O-])OCC[N+](C)(C)C. The molecule has 538 valence electrons. The van der Waals surface area contributed by atoms with E-state index in [1.807, 2.05) is 21.1 Å². The molecule has 0 N–H and O–H groups in total. The molecule has 0 spiro atoms. The lowest BCUT2D eigenvalue weighted by atomic mass is 10.0. The maximum absolute atomic E-state index is 12.9. The molecule has 0 heterocycles. The van der Waals surface area contributed by atoms with E-state index in [9.17, 15) is 19.0 Å². The minimum Gasteiger partial charge on any atom is -0.756 e. The Kier molecular flexibility index (Phi) is 70.7. The van der Waals surface area contributed by atoms with Gasteiger partial charge in [0.1, 0.15) is 19.8 Å². The van der Waals surface area contributed by atoms with Gasteiger partial charge >= 0.3 is 11.9 Å². The van der Waals surface area contributed by atoms with Crippen LogP contribution in [0.3, 0.4) is 0 Å². The van der Waals surface area contributed by atoms with Crippen molar-refractivity contribution in [3.05, 3.63) is 72.9 Å². The maximum atomic E-state index is 12.9. The number of ether oxygens (including phenoxy) is 2. The first-order chi connectivity index (χ1) is 45.0. The molecule has 10 heteroatoms. The van der Waals surface area contributed by atoms with Crippen molar-refractivity contribution in [3.63, 3.8) is 0 Å². The van der Waals surface area contributed by atoms with Crippen LogP contribution in [-0.2, 0) is 32.7 Å². The number of hydrogen-bond acceptors (Lipinski definition) is 8. The lowest BCUT2D eigenvalue weighted by Gasteiger charge is -2.28. The predicted octanol–water partition coefficient (Wildman–Crippen LogP) is 25.7. The zero-order valence-electron chi connectivity index (χ0n) is 61.5. The van der Waals surface area contributed by atoms with E-state index in [1.165, 1.54) is 295 Å².